The van der Waals surface area contributed by atoms with Crippen molar-refractivity contribution in [2.24, 2.45) is 5.92 Å². The molecule has 7 nitrogen and oxygen atoms in total. The first kappa shape index (κ1) is 32.5. The van der Waals surface area contributed by atoms with Gasteiger partial charge in [-0.3, -0.25) is 9.69 Å². The number of halogens is 6. The molecule has 0 aromatic heterocycles. The maximum Gasteiger partial charge on any atom is 0.573 e. The second-order valence-electron chi connectivity index (χ2n) is 10.2. The standard InChI is InChI=1S/C31H30F6N2O5/c1-3-42-27(40)21-10-9-17-38(20-21)28(41)39(24-13-5-4-6-14-24)29(2,22-11-7-15-25(18-22)43-30(32,33)34)23-12-8-16-26(19-23)44-31(35,36)37/h4-8,11-16,18-19,21H,3,9-10,17,20H2,1-2H3. The van der Waals surface area contributed by atoms with Gasteiger partial charge in [0.25, 0.3) is 0 Å². The van der Waals surface area contributed by atoms with Gasteiger partial charge in [0.1, 0.15) is 11.5 Å². The fraction of sp³-hybridized carbons (Fsp3) is 0.355. The molecule has 0 spiro atoms. The van der Waals surface area contributed by atoms with Crippen LogP contribution >= 0.6 is 0 Å². The number of nitrogens with zero attached hydrogens (tertiary/aromatic N) is 2. The van der Waals surface area contributed by atoms with Crippen LogP contribution in [0.15, 0.2) is 78.9 Å². The number of urea groups is 1. The molecule has 1 atom stereocenters. The van der Waals surface area contributed by atoms with Crippen LogP contribution in [-0.4, -0.2) is 49.3 Å². The van der Waals surface area contributed by atoms with Gasteiger partial charge in [0.05, 0.1) is 18.1 Å². The van der Waals surface area contributed by atoms with E-state index in [-0.39, 0.29) is 30.8 Å². The van der Waals surface area contributed by atoms with Crippen LogP contribution in [0.3, 0.4) is 0 Å². The lowest BCUT2D eigenvalue weighted by atomic mass is 9.82. The summed E-state index contributed by atoms with van der Waals surface area (Å²) < 4.78 is 92.7. The number of rotatable bonds is 8. The van der Waals surface area contributed by atoms with Gasteiger partial charge in [-0.15, -0.1) is 26.3 Å². The van der Waals surface area contributed by atoms with Crippen molar-refractivity contribution in [3.63, 3.8) is 0 Å². The van der Waals surface area contributed by atoms with E-state index in [1.54, 1.807) is 37.3 Å². The molecule has 1 aliphatic rings. The van der Waals surface area contributed by atoms with Crippen molar-refractivity contribution in [2.45, 2.75) is 45.0 Å². The van der Waals surface area contributed by atoms with Gasteiger partial charge in [0.15, 0.2) is 0 Å². The third kappa shape index (κ3) is 7.74. The molecule has 2 amide bonds. The van der Waals surface area contributed by atoms with Crippen molar-refractivity contribution in [2.75, 3.05) is 24.6 Å². The van der Waals surface area contributed by atoms with Crippen molar-refractivity contribution in [3.8, 4) is 11.5 Å². The highest BCUT2D eigenvalue weighted by atomic mass is 19.4. The summed E-state index contributed by atoms with van der Waals surface area (Å²) in [4.78, 5) is 29.8. The van der Waals surface area contributed by atoms with Crippen molar-refractivity contribution in [1.29, 1.82) is 0 Å². The Morgan fingerprint density at radius 1 is 0.841 bits per heavy atom. The normalized spacial score (nSPS) is 15.8. The van der Waals surface area contributed by atoms with Crippen molar-refractivity contribution >= 4 is 17.7 Å². The second-order valence-corrected chi connectivity index (χ2v) is 10.2. The molecular formula is C31H30F6N2O5. The molecular weight excluding hydrogens is 594 g/mol. The van der Waals surface area contributed by atoms with Gasteiger partial charge >= 0.3 is 24.7 Å². The molecule has 1 heterocycles. The molecule has 3 aromatic carbocycles. The Morgan fingerprint density at radius 3 is 1.89 bits per heavy atom. The number of benzene rings is 3. The first-order chi connectivity index (χ1) is 20.7. The minimum atomic E-state index is -5.03. The molecule has 0 N–H and O–H groups in total. The summed E-state index contributed by atoms with van der Waals surface area (Å²) >= 11 is 0. The van der Waals surface area contributed by atoms with Crippen molar-refractivity contribution in [3.05, 3.63) is 90.0 Å². The zero-order chi connectivity index (χ0) is 32.1. The number of carbonyl (C=O) groups is 2. The molecule has 1 fully saturated rings. The number of carbonyl (C=O) groups excluding carboxylic acids is 2. The molecule has 236 valence electrons. The number of hydrogen-bond donors (Lipinski definition) is 0. The summed E-state index contributed by atoms with van der Waals surface area (Å²) in [6.45, 7) is 3.59. The van der Waals surface area contributed by atoms with Gasteiger partial charge in [0, 0.05) is 18.8 Å². The first-order valence-corrected chi connectivity index (χ1v) is 13.7. The third-order valence-electron chi connectivity index (χ3n) is 7.22. The van der Waals surface area contributed by atoms with Gasteiger partial charge in [-0.1, -0.05) is 42.5 Å². The van der Waals surface area contributed by atoms with E-state index in [0.717, 1.165) is 24.3 Å². The van der Waals surface area contributed by atoms with E-state index in [9.17, 15) is 35.9 Å². The highest BCUT2D eigenvalue weighted by Gasteiger charge is 2.44. The number of anilines is 1. The highest BCUT2D eigenvalue weighted by molar-refractivity contribution is 5.95. The summed E-state index contributed by atoms with van der Waals surface area (Å²) in [5.74, 6) is -2.26. The van der Waals surface area contributed by atoms with Gasteiger partial charge in [-0.05, 0) is 74.2 Å². The molecule has 44 heavy (non-hydrogen) atoms. The summed E-state index contributed by atoms with van der Waals surface area (Å²) in [7, 11) is 0. The van der Waals surface area contributed by atoms with E-state index in [2.05, 4.69) is 9.47 Å². The first-order valence-electron chi connectivity index (χ1n) is 13.7. The number of alkyl halides is 6. The molecule has 0 bridgehead atoms. The molecule has 1 saturated heterocycles. The molecule has 0 saturated carbocycles. The lowest BCUT2D eigenvalue weighted by Gasteiger charge is -2.45. The van der Waals surface area contributed by atoms with Crippen LogP contribution < -0.4 is 14.4 Å². The number of hydrogen-bond acceptors (Lipinski definition) is 5. The monoisotopic (exact) mass is 624 g/mol. The average molecular weight is 625 g/mol. The minimum absolute atomic E-state index is 0.00549. The van der Waals surface area contributed by atoms with Gasteiger partial charge in [-0.2, -0.15) is 0 Å². The summed E-state index contributed by atoms with van der Waals surface area (Å²) in [6, 6.07) is 17.3. The zero-order valence-electron chi connectivity index (χ0n) is 23.8. The van der Waals surface area contributed by atoms with Crippen LogP contribution in [0.4, 0.5) is 36.8 Å². The Hall–Kier alpha value is -4.42. The van der Waals surface area contributed by atoms with Gasteiger partial charge in [-0.25, -0.2) is 4.79 Å². The Labute approximate surface area is 249 Å². The zero-order valence-corrected chi connectivity index (χ0v) is 23.8. The van der Waals surface area contributed by atoms with Crippen LogP contribution in [0.25, 0.3) is 0 Å². The Balaban J connectivity index is 1.91. The van der Waals surface area contributed by atoms with E-state index < -0.39 is 47.7 Å². The number of piperidine rings is 1. The minimum Gasteiger partial charge on any atom is -0.466 e. The number of ether oxygens (including phenoxy) is 3. The molecule has 0 radical (unpaired) electrons. The summed E-state index contributed by atoms with van der Waals surface area (Å²) in [5.41, 5.74) is -1.24. The number of likely N-dealkylation sites (tertiary alicyclic amines) is 1. The van der Waals surface area contributed by atoms with E-state index >= 15 is 0 Å². The van der Waals surface area contributed by atoms with Gasteiger partial charge < -0.3 is 19.1 Å². The molecule has 0 aliphatic carbocycles. The second kappa shape index (κ2) is 13.1. The van der Waals surface area contributed by atoms with Crippen LogP contribution in [-0.2, 0) is 15.1 Å². The lowest BCUT2D eigenvalue weighted by molar-refractivity contribution is -0.275. The van der Waals surface area contributed by atoms with Crippen LogP contribution in [0.1, 0.15) is 37.8 Å². The Bertz CT molecular complexity index is 1390. The quantitative estimate of drug-likeness (QED) is 0.190. The van der Waals surface area contributed by atoms with E-state index in [1.807, 2.05) is 0 Å². The Kier molecular flexibility index (Phi) is 9.65. The van der Waals surface area contributed by atoms with Crippen molar-refractivity contribution in [1.82, 2.24) is 4.90 Å². The topological polar surface area (TPSA) is 68.3 Å². The molecule has 3 aromatic rings. The largest absolute Gasteiger partial charge is 0.573 e. The summed E-state index contributed by atoms with van der Waals surface area (Å²) in [6.07, 6.45) is -9.10. The predicted molar refractivity (Wildman–Crippen MR) is 148 cm³/mol. The SMILES string of the molecule is CCOC(=O)C1CCCN(C(=O)N(c2ccccc2)C(C)(c2cccc(OC(F)(F)F)c2)c2cccc(OC(F)(F)F)c2)C1. The van der Waals surface area contributed by atoms with Crippen LogP contribution in [0.5, 0.6) is 11.5 Å². The van der Waals surface area contributed by atoms with Crippen molar-refractivity contribution < 1.29 is 50.1 Å². The fourth-order valence-corrected chi connectivity index (χ4v) is 5.30. The molecule has 13 heteroatoms. The maximum atomic E-state index is 14.5. The smallest absolute Gasteiger partial charge is 0.466 e. The average Bonchev–Trinajstić information content (AvgIpc) is 2.96. The molecule has 1 aliphatic heterocycles. The molecule has 1 unspecified atom stereocenters. The predicted octanol–water partition coefficient (Wildman–Crippen LogP) is 7.65. The fourth-order valence-electron chi connectivity index (χ4n) is 5.30. The third-order valence-corrected chi connectivity index (χ3v) is 7.22. The van der Waals surface area contributed by atoms with E-state index in [0.29, 0.717) is 18.5 Å². The maximum absolute atomic E-state index is 14.5. The summed E-state index contributed by atoms with van der Waals surface area (Å²) in [5, 5.41) is 0. The number of amides is 2. The van der Waals surface area contributed by atoms with Gasteiger partial charge in [0.2, 0.25) is 0 Å². The number of para-hydroxylation sites is 1. The molecule has 4 rings (SSSR count). The van der Waals surface area contributed by atoms with Crippen LogP contribution in [0, 0.1) is 5.92 Å². The van der Waals surface area contributed by atoms with Crippen LogP contribution in [0.2, 0.25) is 0 Å². The number of esters is 1. The van der Waals surface area contributed by atoms with E-state index in [1.165, 1.54) is 41.0 Å². The lowest BCUT2D eigenvalue weighted by Crippen LogP contribution is -2.56. The highest BCUT2D eigenvalue weighted by Crippen LogP contribution is 2.43. The van der Waals surface area contributed by atoms with E-state index in [4.69, 9.17) is 4.74 Å². The Morgan fingerprint density at radius 2 is 1.39 bits per heavy atom.